The van der Waals surface area contributed by atoms with Gasteiger partial charge in [0, 0.05) is 77.6 Å². The van der Waals surface area contributed by atoms with Crippen LogP contribution in [0.1, 0.15) is 304 Å². The first kappa shape index (κ1) is 126. The molecule has 140 heavy (non-hydrogen) atoms. The number of rotatable bonds is 15. The van der Waals surface area contributed by atoms with E-state index in [-0.39, 0.29) is 69.3 Å². The number of Topliss-reactive ketones (excluding diaryl/α,β-unsaturated/α-hetero) is 1. The number of hydrogen-bond donors (Lipinski definition) is 2. The van der Waals surface area contributed by atoms with E-state index in [1.807, 2.05) is 6.08 Å². The summed E-state index contributed by atoms with van der Waals surface area (Å²) in [5, 5.41) is 29.2. The Kier molecular flexibility index (Phi) is 45.4. The van der Waals surface area contributed by atoms with Crippen LogP contribution in [0.3, 0.4) is 0 Å². The molecule has 37 nitrogen and oxygen atoms in total. The molecule has 0 aromatic rings. The number of ketones is 1. The molecule has 14 bridgehead atoms. The summed E-state index contributed by atoms with van der Waals surface area (Å²) in [7, 11) is 4.71. The Bertz CT molecular complexity index is 4650. The number of nitrogens with zero attached hydrogens (tertiary/aromatic N) is 1. The molecule has 0 spiro atoms. The summed E-state index contributed by atoms with van der Waals surface area (Å²) in [5.41, 5.74) is 4.64. The molecule has 0 aromatic carbocycles. The first-order chi connectivity index (χ1) is 63.4. The molecule has 794 valence electrons. The Morgan fingerprint density at radius 1 is 0.436 bits per heavy atom. The van der Waals surface area contributed by atoms with E-state index in [2.05, 4.69) is 155 Å². The fourth-order valence-electron chi connectivity index (χ4n) is 21.6. The van der Waals surface area contributed by atoms with E-state index in [1.54, 1.807) is 45.8 Å². The van der Waals surface area contributed by atoms with Crippen molar-refractivity contribution in [3.05, 3.63) is 77.2 Å². The molecule has 13 saturated carbocycles. The Morgan fingerprint density at radius 3 is 1.03 bits per heavy atom. The zero-order chi connectivity index (χ0) is 108. The van der Waals surface area contributed by atoms with Crippen molar-refractivity contribution in [1.82, 2.24) is 0 Å². The van der Waals surface area contributed by atoms with Crippen molar-refractivity contribution in [3.63, 3.8) is 0 Å². The maximum atomic E-state index is 11.2. The number of hydroxylamine groups is 3. The fraction of sp³-hybridized carbons (Fsp3) is 0.730. The number of quaternary nitrogens is 1. The van der Waals surface area contributed by atoms with E-state index in [4.69, 9.17) is 42.9 Å². The Labute approximate surface area is 841 Å². The van der Waals surface area contributed by atoms with E-state index in [0.29, 0.717) is 68.6 Å². The summed E-state index contributed by atoms with van der Waals surface area (Å²) in [6.07, 6.45) is 27.0. The summed E-state index contributed by atoms with van der Waals surface area (Å²) in [6.45, 7) is 59.2. The van der Waals surface area contributed by atoms with Gasteiger partial charge in [0.15, 0.2) is 0 Å². The van der Waals surface area contributed by atoms with Crippen molar-refractivity contribution in [2.75, 3.05) is 27.7 Å². The van der Waals surface area contributed by atoms with Gasteiger partial charge >= 0.3 is 274 Å². The van der Waals surface area contributed by atoms with Crippen LogP contribution in [0.4, 0.5) is 0 Å². The molecule has 0 amide bonds. The zero-order valence-corrected chi connectivity index (χ0v) is 98.7. The van der Waals surface area contributed by atoms with Gasteiger partial charge in [0.1, 0.15) is 23.4 Å². The number of ether oxygens (including phenoxy) is 6. The second-order valence-electron chi connectivity index (χ2n) is 43.4. The minimum atomic E-state index is -6.06. The average molecular weight is 2550 g/mol. The summed E-state index contributed by atoms with van der Waals surface area (Å²) in [5.74, 6) is 0.921. The van der Waals surface area contributed by atoms with Gasteiger partial charge in [0.2, 0.25) is 0 Å². The number of hydrogen-bond acceptors (Lipinski definition) is 36. The van der Waals surface area contributed by atoms with Gasteiger partial charge in [-0.2, -0.15) is 0 Å². The molecule has 2 N–H and O–H groups in total. The van der Waals surface area contributed by atoms with Gasteiger partial charge in [0.25, 0.3) is 5.79 Å². The van der Waals surface area contributed by atoms with Gasteiger partial charge in [-0.1, -0.05) is 133 Å². The van der Waals surface area contributed by atoms with Gasteiger partial charge in [0.05, 0.1) is 39.1 Å². The van der Waals surface area contributed by atoms with Crippen LogP contribution in [-0.4, -0.2) is 195 Å². The van der Waals surface area contributed by atoms with E-state index < -0.39 is 132 Å². The van der Waals surface area contributed by atoms with Crippen molar-refractivity contribution < 1.29 is 166 Å². The van der Waals surface area contributed by atoms with E-state index >= 15 is 0 Å². The van der Waals surface area contributed by atoms with E-state index in [0.717, 1.165) is 154 Å². The number of carbonyl (C=O) groups excluding carboxylic acids is 15. The van der Waals surface area contributed by atoms with Crippen molar-refractivity contribution in [2.45, 2.75) is 322 Å². The maximum absolute atomic E-state index is 11.2. The zero-order valence-electron chi connectivity index (χ0n) is 88.4. The van der Waals surface area contributed by atoms with Gasteiger partial charge in [-0.05, 0) is 213 Å². The van der Waals surface area contributed by atoms with Crippen molar-refractivity contribution in [2.24, 2.45) is 121 Å². The third-order valence-electron chi connectivity index (χ3n) is 29.6. The molecular weight excluding hydrogens is 2400 g/mol. The monoisotopic (exact) mass is 2560 g/mol. The van der Waals surface area contributed by atoms with Gasteiger partial charge in [-0.15, -0.1) is 0 Å². The van der Waals surface area contributed by atoms with Crippen molar-refractivity contribution >= 4 is 135 Å². The summed E-state index contributed by atoms with van der Waals surface area (Å²) >= 11 is -16.9. The Morgan fingerprint density at radius 2 is 0.793 bits per heavy atom. The van der Waals surface area contributed by atoms with E-state index in [9.17, 15) is 82.2 Å². The predicted molar refractivity (Wildman–Crippen MR) is 502 cm³/mol. The molecular formula is C100H157NO36OsPb2. The normalized spacial score (nSPS) is 28.1. The molecule has 0 radical (unpaired) electrons. The van der Waals surface area contributed by atoms with Gasteiger partial charge < -0.3 is 48.5 Å². The van der Waals surface area contributed by atoms with Crippen LogP contribution < -0.4 is 0 Å². The molecule has 16 atom stereocenters. The predicted octanol–water partition coefficient (Wildman–Crippen LogP) is 15.9. The molecule has 21 rings (SSSR count). The Balaban J connectivity index is 0.000000399. The van der Waals surface area contributed by atoms with Crippen molar-refractivity contribution in [1.29, 1.82) is 0 Å². The number of allylic oxidation sites excluding steroid dienone is 8. The first-order valence-corrected chi connectivity index (χ1v) is 64.0. The number of fused-ring (bicyclic) bond motifs is 10. The molecule has 21 aliphatic carbocycles. The topological polar surface area (TPSA) is 517 Å². The Hall–Kier alpha value is -7.79. The summed E-state index contributed by atoms with van der Waals surface area (Å²) in [6, 6.07) is 0. The molecule has 13 fully saturated rings. The van der Waals surface area contributed by atoms with Crippen LogP contribution in [0.2, 0.25) is 0 Å². The summed E-state index contributed by atoms with van der Waals surface area (Å²) < 4.78 is 102. The number of aliphatic hydroxyl groups excluding tert-OH is 1. The minimum absolute atomic E-state index is 0.000347. The van der Waals surface area contributed by atoms with Crippen LogP contribution in [0.5, 0.6) is 0 Å². The number of aliphatic hydroxyl groups is 2. The third kappa shape index (κ3) is 36.2. The van der Waals surface area contributed by atoms with Crippen molar-refractivity contribution in [3.8, 4) is 0 Å². The standard InChI is InChI=1S/2C13H18O4.C11H16O2.C10H18O2.2C10H16.C9H14O.C5H8O2.C3H9NO.8C2H4O2.4O.Os.2Pb/c1-7(14)16-11-6-12(17-8(2)15)10-5-9(11)13(10,3)4;1-8(14)16-13(17-9(2)15)6-5-10-7-11(13)12(10,3)4;1-7(12)13-10-5-4-8-6-9(10)11(8,2)3;1-9(2)7-3-4-10(12,6-11)8(9)5-7;2*1-7-4-5-8-6-9(7)10(8,2)3;1-9(2)6-3-4-8(10)7(9)5-6;1-4(2)7-5(3)6;1-4(2,3)5;8*1-2(3)4;;;;;;;/h6,9-11H,5H2,1-4H3;5-6,10-11H,7H2,1-4H3;5,8-9H,4,6H2,1-3H3;7-8,11-12H,3-6H2,1-2H3;4,8-9H,5-6H2,1-3H3;8-9H,1,4-6H2,2-3H3;6-7H,3-5H2,1-2H3;1H2,2-3H3;1-3H3;8*1H3,(H,3,4);;;;;;;/q;;;;;;;;;;;;;;;;;;;;;;2*+4/p-8/t9-,10+,11?;10-,11+;8-,9-;7-,8+,10+;2*8-,9-;6-,7-;;;;;;;;;;;;;;;;;/m0111111................./s1. The molecule has 0 heterocycles. The molecule has 0 aromatic heterocycles. The molecule has 0 saturated heterocycles. The second kappa shape index (κ2) is 50.3. The quantitative estimate of drug-likeness (QED) is 0.0225. The van der Waals surface area contributed by atoms with Crippen LogP contribution in [-0.2, 0) is 151 Å². The van der Waals surface area contributed by atoms with Crippen LogP contribution in [0, 0.1) is 126 Å². The van der Waals surface area contributed by atoms with Gasteiger partial charge in [-0.3, -0.25) is 33.6 Å². The van der Waals surface area contributed by atoms with E-state index in [1.165, 1.54) is 92.1 Å². The number of esters is 6. The molecule has 21 aliphatic rings. The van der Waals surface area contributed by atoms with Gasteiger partial charge in [-0.25, -0.2) is 0 Å². The molecule has 0 aliphatic heterocycles. The summed E-state index contributed by atoms with van der Waals surface area (Å²) in [4.78, 5) is 163. The molecule has 1 unspecified atom stereocenters. The van der Waals surface area contributed by atoms with Crippen LogP contribution in [0.15, 0.2) is 72.0 Å². The number of carbonyl (C=O) groups is 15. The fourth-order valence-corrected chi connectivity index (χ4v) is 34.5. The van der Waals surface area contributed by atoms with Crippen LogP contribution in [0.25, 0.3) is 0 Å². The SMILES string of the molecule is C=C(C)OC(C)=O.C=C1CC[C@@H]2C[C@H]1C2(C)C.CC(=O)OC1(OC(C)=O)C=C[C@@H]2C[C@H]1C2(C)C.CC(=O)OC1=CC(OC(C)=O)[C@@H]2C[C@H]1C2(C)C.CC(=O)OC1=CC[C@@H]2C[C@H]1C2(C)C.CC(=O)[O][Pb]([O]C(C)=O)([O]C(C)=O)[O]C(C)=O.CC(=O)[O][Pb]([O]C(C)=O)([O]C(C)=O)[O]C(C)=O.CC1(C)[C@@H]2CCC(=O)[C@H]1C2.CC1(C)[C@@H]2CC[C@](O)(CO)[C@H]1C2.CC1=CC[C@@H]2C[C@H]1C2(C)C.C[N+](C)(C)[O-].[O]=[Os](=[O])(=[O])=[O]. The third-order valence-corrected chi connectivity index (χ3v) is 46.3. The first-order valence-electron chi connectivity index (χ1n) is 47.2. The molecule has 40 heteroatoms. The average Bonchev–Trinajstić information content (AvgIpc) is 0.708. The second-order valence-corrected chi connectivity index (χ2v) is 60.0. The van der Waals surface area contributed by atoms with Crippen LogP contribution >= 0.6 is 0 Å².